The van der Waals surface area contributed by atoms with E-state index in [1.807, 2.05) is 30.3 Å². The van der Waals surface area contributed by atoms with Crippen LogP contribution in [0.3, 0.4) is 0 Å². The molecule has 0 bridgehead atoms. The van der Waals surface area contributed by atoms with Crippen molar-refractivity contribution in [2.24, 2.45) is 0 Å². The maximum absolute atomic E-state index is 11.0. The number of amides is 1. The monoisotopic (exact) mass is 258 g/mol. The van der Waals surface area contributed by atoms with Crippen LogP contribution in [0.2, 0.25) is 0 Å². The minimum absolute atomic E-state index is 0.257. The van der Waals surface area contributed by atoms with E-state index in [9.17, 15) is 4.79 Å². The van der Waals surface area contributed by atoms with Crippen LogP contribution in [-0.4, -0.2) is 21.1 Å². The van der Waals surface area contributed by atoms with Crippen LogP contribution in [0.1, 0.15) is 11.6 Å². The van der Waals surface area contributed by atoms with Gasteiger partial charge in [-0.15, -0.1) is 0 Å². The molecule has 98 valence electrons. The number of ether oxygens (including phenoxy) is 1. The lowest BCUT2D eigenvalue weighted by atomic mass is 10.3. The van der Waals surface area contributed by atoms with Gasteiger partial charge in [-0.25, -0.2) is 4.98 Å². The van der Waals surface area contributed by atoms with Crippen molar-refractivity contribution in [1.29, 1.82) is 0 Å². The third-order valence-corrected chi connectivity index (χ3v) is 2.30. The van der Waals surface area contributed by atoms with Crippen molar-refractivity contribution in [1.82, 2.24) is 20.5 Å². The fourth-order valence-electron chi connectivity index (χ4n) is 1.39. The van der Waals surface area contributed by atoms with Crippen LogP contribution < -0.4 is 10.1 Å². The van der Waals surface area contributed by atoms with Gasteiger partial charge in [-0.2, -0.15) is 5.10 Å². The summed E-state index contributed by atoms with van der Waals surface area (Å²) in [6, 6.07) is 9.43. The van der Waals surface area contributed by atoms with E-state index in [4.69, 9.17) is 4.74 Å². The minimum Gasteiger partial charge on any atom is -0.486 e. The van der Waals surface area contributed by atoms with Crippen LogP contribution >= 0.6 is 0 Å². The Morgan fingerprint density at radius 3 is 2.95 bits per heavy atom. The predicted octanol–water partition coefficient (Wildman–Crippen LogP) is 1.19. The molecule has 0 radical (unpaired) electrons. The van der Waals surface area contributed by atoms with Crippen LogP contribution in [0.5, 0.6) is 5.75 Å². The molecule has 0 aliphatic heterocycles. The lowest BCUT2D eigenvalue weighted by molar-refractivity contribution is -0.116. The van der Waals surface area contributed by atoms with E-state index in [2.05, 4.69) is 27.1 Å². The van der Waals surface area contributed by atoms with Gasteiger partial charge in [-0.1, -0.05) is 24.8 Å². The number of para-hydroxylation sites is 1. The molecule has 1 aromatic carbocycles. The highest BCUT2D eigenvalue weighted by molar-refractivity contribution is 5.86. The van der Waals surface area contributed by atoms with Gasteiger partial charge in [-0.05, 0) is 18.2 Å². The molecular formula is C13H14N4O2. The molecule has 1 aromatic heterocycles. The number of H-pyrrole nitrogens is 1. The minimum atomic E-state index is -0.258. The Labute approximate surface area is 110 Å². The number of benzene rings is 1. The molecular weight excluding hydrogens is 244 g/mol. The predicted molar refractivity (Wildman–Crippen MR) is 69.2 cm³/mol. The summed E-state index contributed by atoms with van der Waals surface area (Å²) in [6.07, 6.45) is 1.20. The third kappa shape index (κ3) is 3.95. The van der Waals surface area contributed by atoms with Gasteiger partial charge in [0, 0.05) is 0 Å². The average molecular weight is 258 g/mol. The standard InChI is InChI=1S/C13H14N4O2/c1-2-13(18)14-8-11-15-12(17-16-11)9-19-10-6-4-3-5-7-10/h2-7H,1,8-9H2,(H,14,18)(H,15,16,17). The maximum Gasteiger partial charge on any atom is 0.243 e. The quantitative estimate of drug-likeness (QED) is 0.763. The number of carbonyl (C=O) groups is 1. The molecule has 0 saturated carbocycles. The number of hydrogen-bond acceptors (Lipinski definition) is 4. The number of aromatic amines is 1. The molecule has 2 rings (SSSR count). The molecule has 0 unspecified atom stereocenters. The molecule has 19 heavy (non-hydrogen) atoms. The van der Waals surface area contributed by atoms with E-state index in [0.29, 0.717) is 18.3 Å². The van der Waals surface area contributed by atoms with Crippen molar-refractivity contribution in [3.8, 4) is 5.75 Å². The molecule has 0 spiro atoms. The first-order chi connectivity index (χ1) is 9.28. The van der Waals surface area contributed by atoms with Gasteiger partial charge >= 0.3 is 0 Å². The van der Waals surface area contributed by atoms with E-state index in [0.717, 1.165) is 5.75 Å². The number of hydrogen-bond donors (Lipinski definition) is 2. The van der Waals surface area contributed by atoms with Crippen molar-refractivity contribution in [3.05, 3.63) is 54.6 Å². The largest absolute Gasteiger partial charge is 0.486 e. The van der Waals surface area contributed by atoms with Crippen molar-refractivity contribution in [2.75, 3.05) is 0 Å². The maximum atomic E-state index is 11.0. The lowest BCUT2D eigenvalue weighted by Crippen LogP contribution is -2.20. The molecule has 0 aliphatic rings. The van der Waals surface area contributed by atoms with Gasteiger partial charge < -0.3 is 10.1 Å². The Balaban J connectivity index is 1.84. The number of aromatic nitrogens is 3. The first-order valence-corrected chi connectivity index (χ1v) is 5.76. The Hall–Kier alpha value is -2.63. The van der Waals surface area contributed by atoms with Gasteiger partial charge in [-0.3, -0.25) is 9.89 Å². The fourth-order valence-corrected chi connectivity index (χ4v) is 1.39. The molecule has 6 heteroatoms. The zero-order chi connectivity index (χ0) is 13.5. The highest BCUT2D eigenvalue weighted by Gasteiger charge is 2.04. The molecule has 2 N–H and O–H groups in total. The van der Waals surface area contributed by atoms with Gasteiger partial charge in [0.25, 0.3) is 0 Å². The molecule has 1 amide bonds. The molecule has 0 aliphatic carbocycles. The van der Waals surface area contributed by atoms with E-state index in [-0.39, 0.29) is 12.5 Å². The van der Waals surface area contributed by atoms with Crippen LogP contribution in [0.15, 0.2) is 43.0 Å². The van der Waals surface area contributed by atoms with Crippen LogP contribution in [0, 0.1) is 0 Å². The second-order valence-corrected chi connectivity index (χ2v) is 3.72. The summed E-state index contributed by atoms with van der Waals surface area (Å²) < 4.78 is 5.51. The smallest absolute Gasteiger partial charge is 0.243 e. The zero-order valence-electron chi connectivity index (χ0n) is 10.3. The summed E-state index contributed by atoms with van der Waals surface area (Å²) in [4.78, 5) is 15.2. The summed E-state index contributed by atoms with van der Waals surface area (Å²) in [5, 5.41) is 9.32. The van der Waals surface area contributed by atoms with E-state index < -0.39 is 0 Å². The second kappa shape index (κ2) is 6.34. The van der Waals surface area contributed by atoms with Gasteiger partial charge in [0.05, 0.1) is 6.54 Å². The molecule has 6 nitrogen and oxygen atoms in total. The van der Waals surface area contributed by atoms with Crippen molar-refractivity contribution in [2.45, 2.75) is 13.2 Å². The molecule has 0 saturated heterocycles. The average Bonchev–Trinajstić information content (AvgIpc) is 2.91. The summed E-state index contributed by atoms with van der Waals surface area (Å²) in [5.74, 6) is 1.61. The van der Waals surface area contributed by atoms with Gasteiger partial charge in [0.15, 0.2) is 11.6 Å². The Kier molecular flexibility index (Phi) is 4.28. The number of nitrogens with zero attached hydrogens (tertiary/aromatic N) is 2. The summed E-state index contributed by atoms with van der Waals surface area (Å²) in [6.45, 7) is 3.92. The van der Waals surface area contributed by atoms with Gasteiger partial charge in [0.1, 0.15) is 12.4 Å². The summed E-state index contributed by atoms with van der Waals surface area (Å²) >= 11 is 0. The van der Waals surface area contributed by atoms with Crippen molar-refractivity contribution in [3.63, 3.8) is 0 Å². The Morgan fingerprint density at radius 1 is 1.42 bits per heavy atom. The Bertz CT molecular complexity index is 551. The summed E-state index contributed by atoms with van der Waals surface area (Å²) in [7, 11) is 0. The number of carbonyl (C=O) groups excluding carboxylic acids is 1. The SMILES string of the molecule is C=CC(=O)NCc1n[nH]c(COc2ccccc2)n1. The third-order valence-electron chi connectivity index (χ3n) is 2.30. The summed E-state index contributed by atoms with van der Waals surface area (Å²) in [5.41, 5.74) is 0. The normalized spacial score (nSPS) is 9.89. The number of nitrogens with one attached hydrogen (secondary N) is 2. The first-order valence-electron chi connectivity index (χ1n) is 5.76. The molecule has 2 aromatic rings. The Morgan fingerprint density at radius 2 is 2.21 bits per heavy atom. The van der Waals surface area contributed by atoms with E-state index in [1.54, 1.807) is 0 Å². The molecule has 0 atom stereocenters. The van der Waals surface area contributed by atoms with Crippen LogP contribution in [-0.2, 0) is 17.9 Å². The first kappa shape index (κ1) is 12.8. The zero-order valence-corrected chi connectivity index (χ0v) is 10.3. The number of rotatable bonds is 6. The van der Waals surface area contributed by atoms with Crippen molar-refractivity contribution < 1.29 is 9.53 Å². The van der Waals surface area contributed by atoms with E-state index >= 15 is 0 Å². The molecule has 0 fully saturated rings. The molecule has 1 heterocycles. The fraction of sp³-hybridized carbons (Fsp3) is 0.154. The lowest BCUT2D eigenvalue weighted by Gasteiger charge is -2.02. The highest BCUT2D eigenvalue weighted by atomic mass is 16.5. The van der Waals surface area contributed by atoms with Crippen molar-refractivity contribution >= 4 is 5.91 Å². The van der Waals surface area contributed by atoms with E-state index in [1.165, 1.54) is 6.08 Å². The van der Waals surface area contributed by atoms with Crippen LogP contribution in [0.4, 0.5) is 0 Å². The van der Waals surface area contributed by atoms with Gasteiger partial charge in [0.2, 0.25) is 5.91 Å². The topological polar surface area (TPSA) is 79.9 Å². The highest BCUT2D eigenvalue weighted by Crippen LogP contribution is 2.09. The second-order valence-electron chi connectivity index (χ2n) is 3.72. The van der Waals surface area contributed by atoms with Crippen LogP contribution in [0.25, 0.3) is 0 Å².